The van der Waals surface area contributed by atoms with Gasteiger partial charge in [-0.1, -0.05) is 18.2 Å². The van der Waals surface area contributed by atoms with Crippen molar-refractivity contribution in [1.82, 2.24) is 0 Å². The first-order valence-corrected chi connectivity index (χ1v) is 7.47. The van der Waals surface area contributed by atoms with Gasteiger partial charge in [0.15, 0.2) is 0 Å². The summed E-state index contributed by atoms with van der Waals surface area (Å²) in [4.78, 5) is 19.7. The predicted molar refractivity (Wildman–Crippen MR) is 76.4 cm³/mol. The summed E-state index contributed by atoms with van der Waals surface area (Å²) in [5, 5.41) is 21.9. The van der Waals surface area contributed by atoms with Gasteiger partial charge in [-0.25, -0.2) is 8.42 Å². The Morgan fingerprint density at radius 3 is 2.05 bits per heavy atom. The lowest BCUT2D eigenvalue weighted by atomic mass is 10.2. The number of nitro benzene ring substituents is 2. The Labute approximate surface area is 125 Å². The lowest BCUT2D eigenvalue weighted by Crippen LogP contribution is -2.07. The zero-order valence-electron chi connectivity index (χ0n) is 11.3. The van der Waals surface area contributed by atoms with Gasteiger partial charge in [-0.3, -0.25) is 20.2 Å². The smallest absolute Gasteiger partial charge is 0.258 e. The molecular weight excluding hydrogens is 312 g/mol. The van der Waals surface area contributed by atoms with Crippen molar-refractivity contribution in [3.63, 3.8) is 0 Å². The number of hydrogen-bond acceptors (Lipinski definition) is 6. The molecule has 0 aliphatic heterocycles. The van der Waals surface area contributed by atoms with Crippen molar-refractivity contribution in [3.05, 3.63) is 68.3 Å². The van der Waals surface area contributed by atoms with E-state index in [9.17, 15) is 28.6 Å². The van der Waals surface area contributed by atoms with Gasteiger partial charge in [-0.05, 0) is 19.1 Å². The molecule has 0 fully saturated rings. The van der Waals surface area contributed by atoms with Gasteiger partial charge in [0.2, 0.25) is 9.84 Å². The number of hydrogen-bond donors (Lipinski definition) is 0. The van der Waals surface area contributed by atoms with Gasteiger partial charge >= 0.3 is 0 Å². The van der Waals surface area contributed by atoms with E-state index in [2.05, 4.69) is 0 Å². The lowest BCUT2D eigenvalue weighted by Gasteiger charge is -2.08. The summed E-state index contributed by atoms with van der Waals surface area (Å²) < 4.78 is 25.1. The van der Waals surface area contributed by atoms with E-state index in [1.165, 1.54) is 31.2 Å². The van der Waals surface area contributed by atoms with Crippen molar-refractivity contribution in [2.45, 2.75) is 16.7 Å². The quantitative estimate of drug-likeness (QED) is 0.630. The molecule has 0 bridgehead atoms. The molecule has 0 saturated heterocycles. The molecule has 0 aliphatic carbocycles. The molecule has 9 heteroatoms. The Morgan fingerprint density at radius 2 is 1.55 bits per heavy atom. The molecule has 0 N–H and O–H groups in total. The van der Waals surface area contributed by atoms with Crippen molar-refractivity contribution in [2.75, 3.05) is 0 Å². The van der Waals surface area contributed by atoms with Crippen LogP contribution in [0.5, 0.6) is 0 Å². The maximum Gasteiger partial charge on any atom is 0.280 e. The van der Waals surface area contributed by atoms with E-state index in [0.717, 1.165) is 12.1 Å². The van der Waals surface area contributed by atoms with E-state index < -0.39 is 36.0 Å². The van der Waals surface area contributed by atoms with Gasteiger partial charge in [0, 0.05) is 11.6 Å². The first-order chi connectivity index (χ1) is 10.2. The summed E-state index contributed by atoms with van der Waals surface area (Å²) in [6.07, 6.45) is 0. The summed E-state index contributed by atoms with van der Waals surface area (Å²) >= 11 is 0. The van der Waals surface area contributed by atoms with Crippen LogP contribution in [0.4, 0.5) is 11.4 Å². The van der Waals surface area contributed by atoms with Crippen molar-refractivity contribution in [2.24, 2.45) is 0 Å². The third kappa shape index (κ3) is 2.66. The molecule has 0 amide bonds. The van der Waals surface area contributed by atoms with Crippen molar-refractivity contribution < 1.29 is 18.3 Å². The molecule has 8 nitrogen and oxygen atoms in total. The minimum atomic E-state index is -4.09. The van der Waals surface area contributed by atoms with Gasteiger partial charge in [-0.15, -0.1) is 0 Å². The Morgan fingerprint density at radius 1 is 0.955 bits per heavy atom. The highest BCUT2D eigenvalue weighted by atomic mass is 32.2. The zero-order chi connectivity index (χ0) is 16.5. The maximum absolute atomic E-state index is 12.6. The fourth-order valence-electron chi connectivity index (χ4n) is 1.96. The van der Waals surface area contributed by atoms with Crippen molar-refractivity contribution in [3.8, 4) is 0 Å². The molecule has 2 rings (SSSR count). The second-order valence-electron chi connectivity index (χ2n) is 4.42. The lowest BCUT2D eigenvalue weighted by molar-refractivity contribution is -0.394. The number of sulfone groups is 1. The van der Waals surface area contributed by atoms with Gasteiger partial charge in [-0.2, -0.15) is 0 Å². The van der Waals surface area contributed by atoms with E-state index >= 15 is 0 Å². The van der Waals surface area contributed by atoms with E-state index in [0.29, 0.717) is 0 Å². The van der Waals surface area contributed by atoms with Gasteiger partial charge < -0.3 is 0 Å². The summed E-state index contributed by atoms with van der Waals surface area (Å²) in [5.74, 6) is 0. The molecule has 0 saturated carbocycles. The van der Waals surface area contributed by atoms with Crippen LogP contribution in [0.25, 0.3) is 0 Å². The highest BCUT2D eigenvalue weighted by molar-refractivity contribution is 7.91. The molecule has 0 unspecified atom stereocenters. The number of nitrogens with zero attached hydrogens (tertiary/aromatic N) is 2. The number of rotatable bonds is 4. The Kier molecular flexibility index (Phi) is 3.91. The molecule has 114 valence electrons. The maximum atomic E-state index is 12.6. The molecule has 0 aromatic heterocycles. The monoisotopic (exact) mass is 322 g/mol. The van der Waals surface area contributed by atoms with Crippen LogP contribution in [-0.4, -0.2) is 18.3 Å². The summed E-state index contributed by atoms with van der Waals surface area (Å²) in [6.45, 7) is 1.25. The van der Waals surface area contributed by atoms with Crippen molar-refractivity contribution >= 4 is 21.2 Å². The molecule has 2 aromatic carbocycles. The Hall–Kier alpha value is -2.81. The summed E-state index contributed by atoms with van der Waals surface area (Å²) in [7, 11) is -4.09. The number of non-ortho nitro benzene ring substituents is 1. The van der Waals surface area contributed by atoms with Crippen LogP contribution >= 0.6 is 0 Å². The number of benzene rings is 2. The van der Waals surface area contributed by atoms with Crippen LogP contribution in [0.1, 0.15) is 5.56 Å². The van der Waals surface area contributed by atoms with E-state index in [4.69, 9.17) is 0 Å². The Balaban J connectivity index is 2.80. The molecular formula is C13H10N2O6S. The first-order valence-electron chi connectivity index (χ1n) is 5.98. The molecule has 0 heterocycles. The average molecular weight is 322 g/mol. The van der Waals surface area contributed by atoms with Crippen LogP contribution in [0.2, 0.25) is 0 Å². The van der Waals surface area contributed by atoms with E-state index in [-0.39, 0.29) is 10.5 Å². The first kappa shape index (κ1) is 15.6. The normalized spacial score (nSPS) is 11.1. The van der Waals surface area contributed by atoms with Crippen LogP contribution in [0.15, 0.2) is 52.3 Å². The topological polar surface area (TPSA) is 120 Å². The van der Waals surface area contributed by atoms with Gasteiger partial charge in [0.25, 0.3) is 11.4 Å². The minimum absolute atomic E-state index is 0.0899. The molecule has 0 aliphatic rings. The van der Waals surface area contributed by atoms with E-state index in [1.54, 1.807) is 6.07 Å². The Bertz CT molecular complexity index is 862. The fourth-order valence-corrected chi connectivity index (χ4v) is 3.51. The minimum Gasteiger partial charge on any atom is -0.258 e. The average Bonchev–Trinajstić information content (AvgIpc) is 2.47. The van der Waals surface area contributed by atoms with Gasteiger partial charge in [0.05, 0.1) is 25.7 Å². The van der Waals surface area contributed by atoms with Crippen LogP contribution in [-0.2, 0) is 9.84 Å². The second-order valence-corrected chi connectivity index (χ2v) is 6.34. The van der Waals surface area contributed by atoms with Crippen molar-refractivity contribution in [1.29, 1.82) is 0 Å². The molecule has 0 spiro atoms. The van der Waals surface area contributed by atoms with E-state index in [1.807, 2.05) is 0 Å². The fraction of sp³-hybridized carbons (Fsp3) is 0.0769. The van der Waals surface area contributed by atoms with Crippen LogP contribution < -0.4 is 0 Å². The molecule has 2 aromatic rings. The zero-order valence-corrected chi connectivity index (χ0v) is 12.1. The SMILES string of the molecule is Cc1c([N+](=O)[O-])cc([N+](=O)[O-])cc1S(=O)(=O)c1ccccc1. The number of nitro groups is 2. The summed E-state index contributed by atoms with van der Waals surface area (Å²) in [6, 6.07) is 8.83. The largest absolute Gasteiger partial charge is 0.280 e. The summed E-state index contributed by atoms with van der Waals surface area (Å²) in [5.41, 5.74) is -1.39. The third-order valence-electron chi connectivity index (χ3n) is 3.07. The van der Waals surface area contributed by atoms with Crippen LogP contribution in [0.3, 0.4) is 0 Å². The van der Waals surface area contributed by atoms with Gasteiger partial charge in [0.1, 0.15) is 0 Å². The molecule has 0 atom stereocenters. The molecule has 0 radical (unpaired) electrons. The standard InChI is InChI=1S/C13H10N2O6S/c1-9-12(15(18)19)7-10(14(16)17)8-13(9)22(20,21)11-5-3-2-4-6-11/h2-8H,1H3. The highest BCUT2D eigenvalue weighted by Crippen LogP contribution is 2.33. The predicted octanol–water partition coefficient (Wildman–Crippen LogP) is 2.64. The van der Waals surface area contributed by atoms with Crippen LogP contribution in [0, 0.1) is 27.2 Å². The highest BCUT2D eigenvalue weighted by Gasteiger charge is 2.29. The third-order valence-corrected chi connectivity index (χ3v) is 4.96. The second kappa shape index (κ2) is 5.53. The molecule has 22 heavy (non-hydrogen) atoms.